The molecular weight excluding hydrogens is 248 g/mol. The van der Waals surface area contributed by atoms with Crippen molar-refractivity contribution in [3.05, 3.63) is 29.3 Å². The minimum Gasteiger partial charge on any atom is -0.377 e. The second kappa shape index (κ2) is 7.65. The van der Waals surface area contributed by atoms with Crippen LogP contribution in [0, 0.1) is 6.92 Å². The molecule has 112 valence electrons. The molecule has 20 heavy (non-hydrogen) atoms. The zero-order valence-corrected chi connectivity index (χ0v) is 13.1. The first-order chi connectivity index (χ1) is 9.70. The van der Waals surface area contributed by atoms with Gasteiger partial charge in [0.2, 0.25) is 0 Å². The average Bonchev–Trinajstić information content (AvgIpc) is 2.64. The van der Waals surface area contributed by atoms with E-state index in [1.165, 1.54) is 23.2 Å². The molecule has 1 saturated heterocycles. The van der Waals surface area contributed by atoms with E-state index in [-0.39, 0.29) is 0 Å². The van der Waals surface area contributed by atoms with Gasteiger partial charge in [-0.25, -0.2) is 0 Å². The van der Waals surface area contributed by atoms with Gasteiger partial charge in [0.15, 0.2) is 0 Å². The summed E-state index contributed by atoms with van der Waals surface area (Å²) >= 11 is 0. The molecule has 0 spiro atoms. The van der Waals surface area contributed by atoms with Crippen LogP contribution in [0.5, 0.6) is 0 Å². The number of hydrogen-bond acceptors (Lipinski definition) is 3. The number of rotatable bonds is 5. The van der Waals surface area contributed by atoms with Crippen LogP contribution >= 0.6 is 0 Å². The molecule has 0 bridgehead atoms. The number of ether oxygens (including phenoxy) is 1. The molecule has 1 unspecified atom stereocenters. The summed E-state index contributed by atoms with van der Waals surface area (Å²) in [6, 6.07) is 6.81. The lowest BCUT2D eigenvalue weighted by atomic mass is 10.1. The Labute approximate surface area is 123 Å². The molecule has 3 nitrogen and oxygen atoms in total. The predicted molar refractivity (Wildman–Crippen MR) is 85.4 cm³/mol. The highest BCUT2D eigenvalue weighted by Crippen LogP contribution is 2.24. The minimum absolute atomic E-state index is 0.315. The van der Waals surface area contributed by atoms with Gasteiger partial charge in [0.25, 0.3) is 0 Å². The molecule has 0 radical (unpaired) electrons. The third-order valence-corrected chi connectivity index (χ3v) is 3.77. The average molecular weight is 276 g/mol. The number of anilines is 1. The second-order valence-electron chi connectivity index (χ2n) is 5.79. The largest absolute Gasteiger partial charge is 0.377 e. The monoisotopic (exact) mass is 276 g/mol. The molecule has 1 N–H and O–H groups in total. The Morgan fingerprint density at radius 2 is 2.25 bits per heavy atom. The normalized spacial score (nSPS) is 19.9. The molecule has 2 rings (SSSR count). The third-order valence-electron chi connectivity index (χ3n) is 3.77. The highest BCUT2D eigenvalue weighted by molar-refractivity contribution is 5.55. The third kappa shape index (κ3) is 4.22. The lowest BCUT2D eigenvalue weighted by Crippen LogP contribution is -2.31. The van der Waals surface area contributed by atoms with E-state index < -0.39 is 0 Å². The van der Waals surface area contributed by atoms with Gasteiger partial charge in [-0.3, -0.25) is 0 Å². The zero-order chi connectivity index (χ0) is 14.4. The summed E-state index contributed by atoms with van der Waals surface area (Å²) in [6.07, 6.45) is 2.60. The van der Waals surface area contributed by atoms with Gasteiger partial charge in [0, 0.05) is 31.9 Å². The summed E-state index contributed by atoms with van der Waals surface area (Å²) in [4.78, 5) is 2.49. The van der Waals surface area contributed by atoms with Crippen LogP contribution in [-0.4, -0.2) is 32.3 Å². The van der Waals surface area contributed by atoms with Gasteiger partial charge >= 0.3 is 0 Å². The Balaban J connectivity index is 2.15. The van der Waals surface area contributed by atoms with E-state index in [9.17, 15) is 0 Å². The van der Waals surface area contributed by atoms with Gasteiger partial charge < -0.3 is 15.0 Å². The molecule has 3 heteroatoms. The predicted octanol–water partition coefficient (Wildman–Crippen LogP) is 3.11. The molecule has 0 saturated carbocycles. The van der Waals surface area contributed by atoms with E-state index in [4.69, 9.17) is 4.74 Å². The molecule has 0 aromatic heterocycles. The molecule has 1 heterocycles. The van der Waals surface area contributed by atoms with Crippen molar-refractivity contribution < 1.29 is 4.74 Å². The van der Waals surface area contributed by atoms with Crippen molar-refractivity contribution >= 4 is 5.69 Å². The van der Waals surface area contributed by atoms with E-state index >= 15 is 0 Å². The van der Waals surface area contributed by atoms with Gasteiger partial charge in [-0.1, -0.05) is 24.6 Å². The molecule has 1 aliphatic heterocycles. The molecule has 1 fully saturated rings. The number of nitrogens with one attached hydrogen (secondary N) is 1. The minimum atomic E-state index is 0.315. The van der Waals surface area contributed by atoms with Crippen LogP contribution < -0.4 is 10.2 Å². The topological polar surface area (TPSA) is 24.5 Å². The van der Waals surface area contributed by atoms with Crippen LogP contribution in [0.15, 0.2) is 18.2 Å². The van der Waals surface area contributed by atoms with Crippen molar-refractivity contribution in [1.29, 1.82) is 0 Å². The molecule has 0 aliphatic carbocycles. The Bertz CT molecular complexity index is 419. The van der Waals surface area contributed by atoms with Crippen molar-refractivity contribution in [1.82, 2.24) is 5.32 Å². The maximum atomic E-state index is 5.76. The van der Waals surface area contributed by atoms with Crippen LogP contribution in [0.3, 0.4) is 0 Å². The fourth-order valence-corrected chi connectivity index (χ4v) is 2.78. The Kier molecular flexibility index (Phi) is 5.86. The van der Waals surface area contributed by atoms with Crippen molar-refractivity contribution in [2.45, 2.75) is 46.3 Å². The summed E-state index contributed by atoms with van der Waals surface area (Å²) in [5.41, 5.74) is 4.12. The van der Waals surface area contributed by atoms with E-state index in [2.05, 4.69) is 49.2 Å². The number of aryl methyl sites for hydroxylation is 1. The summed E-state index contributed by atoms with van der Waals surface area (Å²) < 4.78 is 5.76. The van der Waals surface area contributed by atoms with E-state index in [0.29, 0.717) is 6.10 Å². The first-order valence-electron chi connectivity index (χ1n) is 7.87. The van der Waals surface area contributed by atoms with Crippen LogP contribution in [0.1, 0.15) is 37.8 Å². The SMILES string of the molecule is CCCNCc1cc(C)ccc1N1CCCOC(C)C1. The van der Waals surface area contributed by atoms with Crippen LogP contribution in [0.4, 0.5) is 5.69 Å². The summed E-state index contributed by atoms with van der Waals surface area (Å²) in [6.45, 7) is 11.5. The summed E-state index contributed by atoms with van der Waals surface area (Å²) in [5.74, 6) is 0. The molecule has 0 amide bonds. The zero-order valence-electron chi connectivity index (χ0n) is 13.1. The number of hydrogen-bond donors (Lipinski definition) is 1. The highest BCUT2D eigenvalue weighted by Gasteiger charge is 2.17. The highest BCUT2D eigenvalue weighted by atomic mass is 16.5. The summed E-state index contributed by atoms with van der Waals surface area (Å²) in [5, 5.41) is 3.53. The Morgan fingerprint density at radius 3 is 3.05 bits per heavy atom. The van der Waals surface area contributed by atoms with Crippen molar-refractivity contribution in [2.75, 3.05) is 31.1 Å². The molecule has 1 atom stereocenters. The molecule has 1 aliphatic rings. The quantitative estimate of drug-likeness (QED) is 0.836. The van der Waals surface area contributed by atoms with Gasteiger partial charge in [0.05, 0.1) is 6.10 Å². The maximum Gasteiger partial charge on any atom is 0.0721 e. The first-order valence-corrected chi connectivity index (χ1v) is 7.87. The van der Waals surface area contributed by atoms with Crippen LogP contribution in [0.2, 0.25) is 0 Å². The summed E-state index contributed by atoms with van der Waals surface area (Å²) in [7, 11) is 0. The molecule has 1 aromatic rings. The standard InChI is InChI=1S/C17H28N2O/c1-4-8-18-12-16-11-14(2)6-7-17(16)19-9-5-10-20-15(3)13-19/h6-7,11,15,18H,4-5,8-10,12-13H2,1-3H3. The van der Waals surface area contributed by atoms with E-state index in [1.54, 1.807) is 0 Å². The smallest absolute Gasteiger partial charge is 0.0721 e. The van der Waals surface area contributed by atoms with Crippen molar-refractivity contribution in [3.8, 4) is 0 Å². The van der Waals surface area contributed by atoms with Gasteiger partial charge in [-0.15, -0.1) is 0 Å². The van der Waals surface area contributed by atoms with Crippen LogP contribution in [0.25, 0.3) is 0 Å². The van der Waals surface area contributed by atoms with Gasteiger partial charge in [-0.05, 0) is 44.9 Å². The fraction of sp³-hybridized carbons (Fsp3) is 0.647. The Hall–Kier alpha value is -1.06. The van der Waals surface area contributed by atoms with Gasteiger partial charge in [0.1, 0.15) is 0 Å². The lowest BCUT2D eigenvalue weighted by Gasteiger charge is -2.27. The second-order valence-corrected chi connectivity index (χ2v) is 5.79. The lowest BCUT2D eigenvalue weighted by molar-refractivity contribution is 0.0821. The number of benzene rings is 1. The maximum absolute atomic E-state index is 5.76. The van der Waals surface area contributed by atoms with Crippen molar-refractivity contribution in [2.24, 2.45) is 0 Å². The van der Waals surface area contributed by atoms with E-state index in [1.807, 2.05) is 0 Å². The van der Waals surface area contributed by atoms with Crippen molar-refractivity contribution in [3.63, 3.8) is 0 Å². The fourth-order valence-electron chi connectivity index (χ4n) is 2.78. The first kappa shape index (κ1) is 15.3. The van der Waals surface area contributed by atoms with Crippen LogP contribution in [-0.2, 0) is 11.3 Å². The van der Waals surface area contributed by atoms with E-state index in [0.717, 1.165) is 39.2 Å². The number of nitrogens with zero attached hydrogens (tertiary/aromatic N) is 1. The van der Waals surface area contributed by atoms with Gasteiger partial charge in [-0.2, -0.15) is 0 Å². The Morgan fingerprint density at radius 1 is 1.40 bits per heavy atom. The molecule has 1 aromatic carbocycles. The molecular formula is C17H28N2O.